The number of hydrogen-bond acceptors (Lipinski definition) is 3. The van der Waals surface area contributed by atoms with Gasteiger partial charge in [0.2, 0.25) is 5.91 Å². The van der Waals surface area contributed by atoms with Gasteiger partial charge in [-0.15, -0.1) is 12.4 Å². The van der Waals surface area contributed by atoms with Crippen LogP contribution in [0.3, 0.4) is 0 Å². The molecule has 1 saturated heterocycles. The molecule has 1 aromatic carbocycles. The third-order valence-corrected chi connectivity index (χ3v) is 4.18. The first-order valence-electron chi connectivity index (χ1n) is 7.30. The molecule has 22 heavy (non-hydrogen) atoms. The molecule has 124 valence electrons. The van der Waals surface area contributed by atoms with E-state index in [0.29, 0.717) is 28.3 Å². The van der Waals surface area contributed by atoms with Crippen LogP contribution in [0, 0.1) is 0 Å². The van der Waals surface area contributed by atoms with Gasteiger partial charge in [0.15, 0.2) is 0 Å². The van der Waals surface area contributed by atoms with Gasteiger partial charge < -0.3 is 10.6 Å². The van der Waals surface area contributed by atoms with Crippen molar-refractivity contribution in [1.82, 2.24) is 10.2 Å². The Balaban J connectivity index is 0.00000242. The molecule has 2 rings (SSSR count). The Morgan fingerprint density at radius 2 is 2.23 bits per heavy atom. The molecule has 0 saturated carbocycles. The molecule has 0 spiro atoms. The summed E-state index contributed by atoms with van der Waals surface area (Å²) in [5, 5.41) is 7.24. The van der Waals surface area contributed by atoms with Crippen LogP contribution in [0.4, 0.5) is 5.69 Å². The molecule has 7 heteroatoms. The number of carbonyl (C=O) groups excluding carboxylic acids is 1. The predicted molar refractivity (Wildman–Crippen MR) is 95.5 cm³/mol. The summed E-state index contributed by atoms with van der Waals surface area (Å²) < 4.78 is 0. The van der Waals surface area contributed by atoms with Crippen LogP contribution in [0.2, 0.25) is 10.0 Å². The van der Waals surface area contributed by atoms with Gasteiger partial charge in [0.1, 0.15) is 0 Å². The smallest absolute Gasteiger partial charge is 0.238 e. The highest BCUT2D eigenvalue weighted by Gasteiger charge is 2.23. The van der Waals surface area contributed by atoms with Gasteiger partial charge >= 0.3 is 0 Å². The molecule has 1 aliphatic rings. The normalized spacial score (nSPS) is 17.4. The van der Waals surface area contributed by atoms with E-state index in [2.05, 4.69) is 22.5 Å². The van der Waals surface area contributed by atoms with Gasteiger partial charge in [-0.25, -0.2) is 0 Å². The maximum atomic E-state index is 12.2. The van der Waals surface area contributed by atoms with Crippen molar-refractivity contribution in [2.45, 2.75) is 25.8 Å². The summed E-state index contributed by atoms with van der Waals surface area (Å²) in [6, 6.07) is 5.49. The number of nitrogens with one attached hydrogen (secondary N) is 2. The van der Waals surface area contributed by atoms with E-state index in [-0.39, 0.29) is 18.3 Å². The van der Waals surface area contributed by atoms with E-state index in [1.807, 2.05) is 0 Å². The van der Waals surface area contributed by atoms with Crippen LogP contribution < -0.4 is 10.6 Å². The minimum atomic E-state index is -0.0560. The topological polar surface area (TPSA) is 44.4 Å². The fourth-order valence-corrected chi connectivity index (χ4v) is 2.93. The molecule has 1 atom stereocenters. The minimum Gasteiger partial charge on any atom is -0.324 e. The number of carbonyl (C=O) groups is 1. The van der Waals surface area contributed by atoms with E-state index >= 15 is 0 Å². The summed E-state index contributed by atoms with van der Waals surface area (Å²) in [6.07, 6.45) is 2.12. The van der Waals surface area contributed by atoms with Crippen molar-refractivity contribution in [3.05, 3.63) is 28.2 Å². The highest BCUT2D eigenvalue weighted by atomic mass is 35.5. The lowest BCUT2D eigenvalue weighted by atomic mass is 10.2. The first-order valence-corrected chi connectivity index (χ1v) is 8.05. The second-order valence-electron chi connectivity index (χ2n) is 5.29. The molecule has 0 radical (unpaired) electrons. The summed E-state index contributed by atoms with van der Waals surface area (Å²) in [7, 11) is 0. The molecule has 1 aromatic rings. The van der Waals surface area contributed by atoms with Crippen molar-refractivity contribution in [2.75, 3.05) is 31.5 Å². The average Bonchev–Trinajstić information content (AvgIpc) is 2.96. The number of nitrogens with zero attached hydrogens (tertiary/aromatic N) is 1. The van der Waals surface area contributed by atoms with Crippen molar-refractivity contribution in [3.8, 4) is 0 Å². The lowest BCUT2D eigenvalue weighted by molar-refractivity contribution is -0.117. The number of halogens is 3. The van der Waals surface area contributed by atoms with Crippen molar-refractivity contribution in [2.24, 2.45) is 0 Å². The molecule has 1 unspecified atom stereocenters. The van der Waals surface area contributed by atoms with Crippen LogP contribution in [0.15, 0.2) is 18.2 Å². The van der Waals surface area contributed by atoms with E-state index < -0.39 is 0 Å². The minimum absolute atomic E-state index is 0. The first-order chi connectivity index (χ1) is 10.1. The van der Waals surface area contributed by atoms with Crippen molar-refractivity contribution < 1.29 is 4.79 Å². The molecule has 1 aliphatic heterocycles. The molecular weight excluding hydrogens is 345 g/mol. The maximum Gasteiger partial charge on any atom is 0.238 e. The van der Waals surface area contributed by atoms with Gasteiger partial charge in [-0.1, -0.05) is 30.1 Å². The number of rotatable bonds is 6. The number of anilines is 1. The fourth-order valence-electron chi connectivity index (χ4n) is 2.60. The Kier molecular flexibility index (Phi) is 8.50. The van der Waals surface area contributed by atoms with Crippen LogP contribution in [-0.4, -0.2) is 43.0 Å². The summed E-state index contributed by atoms with van der Waals surface area (Å²) >= 11 is 12.0. The Morgan fingerprint density at radius 1 is 1.45 bits per heavy atom. The Morgan fingerprint density at radius 3 is 2.86 bits per heavy atom. The molecule has 0 aromatic heterocycles. The van der Waals surface area contributed by atoms with Crippen LogP contribution in [0.5, 0.6) is 0 Å². The fraction of sp³-hybridized carbons (Fsp3) is 0.533. The highest BCUT2D eigenvalue weighted by Crippen LogP contribution is 2.25. The van der Waals surface area contributed by atoms with Crippen LogP contribution in [0.1, 0.15) is 19.8 Å². The van der Waals surface area contributed by atoms with Gasteiger partial charge in [0.25, 0.3) is 0 Å². The van der Waals surface area contributed by atoms with E-state index in [9.17, 15) is 4.79 Å². The maximum absolute atomic E-state index is 12.2. The van der Waals surface area contributed by atoms with Crippen LogP contribution in [-0.2, 0) is 4.79 Å². The van der Waals surface area contributed by atoms with Gasteiger partial charge in [0.05, 0.1) is 17.3 Å². The Bertz CT molecular complexity index is 493. The van der Waals surface area contributed by atoms with Gasteiger partial charge in [-0.05, 0) is 44.1 Å². The van der Waals surface area contributed by atoms with E-state index in [4.69, 9.17) is 23.2 Å². The summed E-state index contributed by atoms with van der Waals surface area (Å²) in [4.78, 5) is 14.5. The van der Waals surface area contributed by atoms with Crippen molar-refractivity contribution in [3.63, 3.8) is 0 Å². The SMILES string of the molecule is CCCN(CC(=O)Nc1cc(Cl)ccc1Cl)C1CCNC1.Cl. The monoisotopic (exact) mass is 365 g/mol. The quantitative estimate of drug-likeness (QED) is 0.810. The van der Waals surface area contributed by atoms with E-state index in [1.54, 1.807) is 18.2 Å². The third kappa shape index (κ3) is 5.60. The lowest BCUT2D eigenvalue weighted by Gasteiger charge is -2.27. The standard InChI is InChI=1S/C15H21Cl2N3O.ClH/c1-2-7-20(12-5-6-18-9-12)10-15(21)19-14-8-11(16)3-4-13(14)17;/h3-4,8,12,18H,2,5-7,9-10H2,1H3,(H,19,21);1H. The Labute approximate surface area is 147 Å². The zero-order chi connectivity index (χ0) is 15.2. The zero-order valence-electron chi connectivity index (χ0n) is 12.6. The number of benzene rings is 1. The number of amides is 1. The van der Waals surface area contributed by atoms with Crippen molar-refractivity contribution in [1.29, 1.82) is 0 Å². The molecule has 0 bridgehead atoms. The Hall–Kier alpha value is -0.520. The number of hydrogen-bond donors (Lipinski definition) is 2. The molecular formula is C15H22Cl3N3O. The molecule has 1 amide bonds. The van der Waals surface area contributed by atoms with Crippen LogP contribution in [0.25, 0.3) is 0 Å². The molecule has 0 aliphatic carbocycles. The molecule has 2 N–H and O–H groups in total. The molecule has 1 fully saturated rings. The third-order valence-electron chi connectivity index (χ3n) is 3.61. The zero-order valence-corrected chi connectivity index (χ0v) is 14.9. The van der Waals surface area contributed by atoms with Gasteiger partial charge in [-0.2, -0.15) is 0 Å². The first kappa shape index (κ1) is 19.5. The van der Waals surface area contributed by atoms with E-state index in [1.165, 1.54) is 0 Å². The second-order valence-corrected chi connectivity index (χ2v) is 6.13. The lowest BCUT2D eigenvalue weighted by Crippen LogP contribution is -2.42. The van der Waals surface area contributed by atoms with E-state index in [0.717, 1.165) is 32.5 Å². The summed E-state index contributed by atoms with van der Waals surface area (Å²) in [5.74, 6) is -0.0560. The van der Waals surface area contributed by atoms with Gasteiger partial charge in [-0.3, -0.25) is 9.69 Å². The second kappa shape index (κ2) is 9.58. The predicted octanol–water partition coefficient (Wildman–Crippen LogP) is 3.43. The average molecular weight is 367 g/mol. The highest BCUT2D eigenvalue weighted by molar-refractivity contribution is 6.35. The van der Waals surface area contributed by atoms with Crippen molar-refractivity contribution >= 4 is 47.2 Å². The summed E-state index contributed by atoms with van der Waals surface area (Å²) in [5.41, 5.74) is 0.565. The summed E-state index contributed by atoms with van der Waals surface area (Å²) in [6.45, 7) is 5.39. The largest absolute Gasteiger partial charge is 0.324 e. The molecule has 1 heterocycles. The van der Waals surface area contributed by atoms with Crippen LogP contribution >= 0.6 is 35.6 Å². The molecule has 4 nitrogen and oxygen atoms in total. The van der Waals surface area contributed by atoms with Gasteiger partial charge in [0, 0.05) is 17.6 Å².